The first-order chi connectivity index (χ1) is 28.8. The minimum atomic E-state index is -1.35. The zero-order chi connectivity index (χ0) is 41.9. The van der Waals surface area contributed by atoms with E-state index in [0.717, 1.165) is 26.1 Å². The number of phenols is 1. The molecule has 4 heterocycles. The van der Waals surface area contributed by atoms with Gasteiger partial charge >= 0.3 is 0 Å². The number of thiophene rings is 1. The Morgan fingerprint density at radius 1 is 0.850 bits per heavy atom. The third-order valence-corrected chi connectivity index (χ3v) is 15.1. The molecule has 2 aliphatic heterocycles. The number of anilines is 2. The zero-order valence-electron chi connectivity index (χ0n) is 32.6. The number of fused-ring (bicyclic) bond motifs is 5. The molecular formula is C47H36Cl2N4O6S. The number of halogens is 2. The number of carbonyl (C=O) groups excluding carboxylic acids is 5. The van der Waals surface area contributed by atoms with Gasteiger partial charge in [0.2, 0.25) is 23.6 Å². The van der Waals surface area contributed by atoms with Crippen molar-refractivity contribution in [2.75, 3.05) is 9.80 Å². The van der Waals surface area contributed by atoms with Crippen molar-refractivity contribution in [2.24, 2.45) is 36.1 Å². The lowest BCUT2D eigenvalue weighted by Gasteiger charge is -2.49. The van der Waals surface area contributed by atoms with E-state index in [-0.39, 0.29) is 35.3 Å². The summed E-state index contributed by atoms with van der Waals surface area (Å²) in [5, 5.41) is 17.0. The fraction of sp³-hybridized carbons (Fsp3) is 0.234. The van der Waals surface area contributed by atoms with E-state index < -0.39 is 52.7 Å². The van der Waals surface area contributed by atoms with Gasteiger partial charge in [-0.3, -0.25) is 33.6 Å². The lowest BCUT2D eigenvalue weighted by atomic mass is 9.51. The first kappa shape index (κ1) is 38.3. The van der Waals surface area contributed by atoms with Crippen LogP contribution in [-0.2, 0) is 26.2 Å². The van der Waals surface area contributed by atoms with Crippen LogP contribution in [0.2, 0.25) is 10.0 Å². The van der Waals surface area contributed by atoms with Gasteiger partial charge in [-0.25, -0.2) is 4.90 Å². The quantitative estimate of drug-likeness (QED) is 0.100. The number of hydrogen-bond donors (Lipinski definition) is 1. The van der Waals surface area contributed by atoms with Gasteiger partial charge in [0.15, 0.2) is 5.78 Å². The monoisotopic (exact) mass is 854 g/mol. The summed E-state index contributed by atoms with van der Waals surface area (Å²) in [7, 11) is 1.70. The Morgan fingerprint density at radius 3 is 2.32 bits per heavy atom. The lowest BCUT2D eigenvalue weighted by Crippen LogP contribution is -2.49. The zero-order valence-corrected chi connectivity index (χ0v) is 34.9. The number of benzene rings is 4. The van der Waals surface area contributed by atoms with E-state index >= 15 is 4.79 Å². The van der Waals surface area contributed by atoms with Crippen molar-refractivity contribution < 1.29 is 29.1 Å². The second-order valence-electron chi connectivity index (χ2n) is 16.3. The summed E-state index contributed by atoms with van der Waals surface area (Å²) in [6, 6.07) is 27.4. The van der Waals surface area contributed by atoms with Crippen molar-refractivity contribution >= 4 is 85.5 Å². The van der Waals surface area contributed by atoms with Crippen LogP contribution in [0.3, 0.4) is 0 Å². The van der Waals surface area contributed by atoms with Crippen LogP contribution < -0.4 is 9.80 Å². The molecule has 3 fully saturated rings. The van der Waals surface area contributed by atoms with Crippen molar-refractivity contribution in [2.45, 2.75) is 32.6 Å². The van der Waals surface area contributed by atoms with Crippen LogP contribution in [0.1, 0.15) is 52.7 Å². The predicted molar refractivity (Wildman–Crippen MR) is 230 cm³/mol. The van der Waals surface area contributed by atoms with Crippen LogP contribution in [-0.4, -0.2) is 44.3 Å². The molecule has 0 radical (unpaired) electrons. The van der Waals surface area contributed by atoms with Gasteiger partial charge in [-0.15, -0.1) is 11.3 Å². The number of nitrogens with zero attached hydrogens (tertiary/aromatic N) is 4. The second-order valence-corrected chi connectivity index (χ2v) is 18.2. The summed E-state index contributed by atoms with van der Waals surface area (Å²) in [5.41, 5.74) is 2.84. The Hall–Kier alpha value is -5.88. The van der Waals surface area contributed by atoms with Crippen molar-refractivity contribution in [3.63, 3.8) is 0 Å². The average molecular weight is 856 g/mol. The van der Waals surface area contributed by atoms with E-state index in [1.54, 1.807) is 90.7 Å². The minimum Gasteiger partial charge on any atom is -0.508 e. The molecule has 2 aliphatic carbocycles. The Balaban J connectivity index is 1.03. The third kappa shape index (κ3) is 5.52. The van der Waals surface area contributed by atoms with Crippen LogP contribution in [0.25, 0.3) is 20.7 Å². The number of ketones is 1. The van der Waals surface area contributed by atoms with Crippen molar-refractivity contribution in [1.82, 2.24) is 9.78 Å². The number of carbonyl (C=O) groups is 5. The number of imide groups is 2. The molecule has 4 aromatic carbocycles. The molecule has 1 saturated carbocycles. The molecule has 10 nitrogen and oxygen atoms in total. The second kappa shape index (κ2) is 13.8. The minimum absolute atomic E-state index is 0.0594. The molecule has 4 aliphatic rings. The molecule has 0 spiro atoms. The van der Waals surface area contributed by atoms with Gasteiger partial charge in [0.25, 0.3) is 0 Å². The number of aryl methyl sites for hydroxylation is 2. The first-order valence-electron chi connectivity index (χ1n) is 19.6. The van der Waals surface area contributed by atoms with Crippen LogP contribution in [0.5, 0.6) is 5.75 Å². The molecule has 6 aromatic rings. The molecule has 13 heteroatoms. The topological polar surface area (TPSA) is 130 Å². The highest BCUT2D eigenvalue weighted by Gasteiger charge is 2.68. The maximum Gasteiger partial charge on any atom is 0.242 e. The highest BCUT2D eigenvalue weighted by atomic mass is 35.5. The highest BCUT2D eigenvalue weighted by molar-refractivity contribution is 7.22. The molecule has 10 rings (SSSR count). The summed E-state index contributed by atoms with van der Waals surface area (Å²) >= 11 is 14.8. The van der Waals surface area contributed by atoms with Crippen molar-refractivity contribution in [3.05, 3.63) is 141 Å². The van der Waals surface area contributed by atoms with Gasteiger partial charge in [0.05, 0.1) is 33.7 Å². The third-order valence-electron chi connectivity index (χ3n) is 13.2. The Bertz CT molecular complexity index is 2900. The smallest absolute Gasteiger partial charge is 0.242 e. The molecule has 0 bridgehead atoms. The van der Waals surface area contributed by atoms with Crippen molar-refractivity contribution in [1.29, 1.82) is 0 Å². The Kier molecular flexibility index (Phi) is 8.84. The number of phenolic OH excluding ortho intramolecular Hbond substituents is 1. The van der Waals surface area contributed by atoms with Gasteiger partial charge < -0.3 is 5.11 Å². The molecule has 0 unspecified atom stereocenters. The largest absolute Gasteiger partial charge is 0.508 e. The Morgan fingerprint density at radius 2 is 1.58 bits per heavy atom. The SMILES string of the molecule is Cc1c(-c2cc(N3C(=O)[C@@H]4C[C@@H]5C(=CC[C@@H]6C(=O)N(c7ccc(C(=O)c8ccccc8)cc7)C(=O)[C@@H]65)[C@H](c5ccc(O)cc5Cl)[C@]4(C)C3=O)n(C)n2)sc2ccc(Cl)cc12. The standard InChI is InChI=1S/C47H36Cl2N4O6S/c1-23-32-19-26(48)11-18-37(32)60-42(23)36-22-38(51(3)50-36)53-44(57)34-21-33-29(40(47(34,2)46(53)59)30-15-14-28(54)20-35(30)49)16-17-31-39(33)45(58)52(43(31)56)27-12-9-25(10-13-27)41(55)24-7-5-4-6-8-24/h4-16,18-20,22,31,33-34,39-40,54H,17,21H2,1-3H3/t31-,33+,34-,39-,40+,47+/m0/s1. The maximum absolute atomic E-state index is 15.2. The van der Waals surface area contributed by atoms with E-state index in [2.05, 4.69) is 0 Å². The van der Waals surface area contributed by atoms with Crippen LogP contribution in [0.15, 0.2) is 109 Å². The van der Waals surface area contributed by atoms with E-state index in [1.807, 2.05) is 37.3 Å². The van der Waals surface area contributed by atoms with Gasteiger partial charge in [-0.2, -0.15) is 5.10 Å². The molecule has 2 aromatic heterocycles. The summed E-state index contributed by atoms with van der Waals surface area (Å²) in [6.45, 7) is 3.78. The van der Waals surface area contributed by atoms with Crippen LogP contribution in [0.4, 0.5) is 11.5 Å². The van der Waals surface area contributed by atoms with Crippen molar-refractivity contribution in [3.8, 4) is 16.3 Å². The first-order valence-corrected chi connectivity index (χ1v) is 21.2. The van der Waals surface area contributed by atoms with E-state index in [0.29, 0.717) is 38.9 Å². The predicted octanol–water partition coefficient (Wildman–Crippen LogP) is 9.29. The summed E-state index contributed by atoms with van der Waals surface area (Å²) in [5.74, 6) is -5.28. The van der Waals surface area contributed by atoms with Gasteiger partial charge in [0.1, 0.15) is 17.3 Å². The van der Waals surface area contributed by atoms with E-state index in [4.69, 9.17) is 28.3 Å². The molecular weight excluding hydrogens is 820 g/mol. The fourth-order valence-corrected chi connectivity index (χ4v) is 11.9. The number of hydrogen-bond acceptors (Lipinski definition) is 8. The summed E-state index contributed by atoms with van der Waals surface area (Å²) in [4.78, 5) is 75.5. The molecule has 300 valence electrons. The normalized spacial score (nSPS) is 24.8. The average Bonchev–Trinajstić information content (AvgIpc) is 3.91. The fourth-order valence-electron chi connectivity index (χ4n) is 10.3. The summed E-state index contributed by atoms with van der Waals surface area (Å²) < 4.78 is 2.57. The molecule has 2 saturated heterocycles. The molecule has 6 atom stereocenters. The van der Waals surface area contributed by atoms with E-state index in [1.165, 1.54) is 21.9 Å². The number of amides is 4. The van der Waals surface area contributed by atoms with Gasteiger partial charge in [-0.1, -0.05) is 71.2 Å². The van der Waals surface area contributed by atoms with Crippen LogP contribution in [0, 0.1) is 36.0 Å². The molecule has 4 amide bonds. The van der Waals surface area contributed by atoms with Gasteiger partial charge in [-0.05, 0) is 104 Å². The number of aromatic hydroxyl groups is 1. The van der Waals surface area contributed by atoms with E-state index in [9.17, 15) is 24.3 Å². The molecule has 60 heavy (non-hydrogen) atoms. The number of allylic oxidation sites excluding steroid dienone is 2. The van der Waals surface area contributed by atoms with Crippen LogP contribution >= 0.6 is 34.5 Å². The summed E-state index contributed by atoms with van der Waals surface area (Å²) in [6.07, 6.45) is 2.34. The maximum atomic E-state index is 15.2. The Labute approximate surface area is 358 Å². The van der Waals surface area contributed by atoms with Gasteiger partial charge in [0, 0.05) is 44.9 Å². The number of aromatic nitrogens is 2. The molecule has 1 N–H and O–H groups in total. The number of rotatable bonds is 6. The highest BCUT2D eigenvalue weighted by Crippen LogP contribution is 2.64. The lowest BCUT2D eigenvalue weighted by molar-refractivity contribution is -0.131.